The predicted molar refractivity (Wildman–Crippen MR) is 27.9 cm³/mol. The first-order valence-corrected chi connectivity index (χ1v) is 3.25. The molecule has 0 aliphatic rings. The van der Waals surface area contributed by atoms with Gasteiger partial charge in [0.25, 0.3) is 12.8 Å². The molecule has 0 saturated heterocycles. The summed E-state index contributed by atoms with van der Waals surface area (Å²) in [5, 5.41) is 0. The fraction of sp³-hybridized carbons (Fsp3) is 1.00. The van der Waals surface area contributed by atoms with Crippen LogP contribution in [0.3, 0.4) is 0 Å². The van der Waals surface area contributed by atoms with E-state index in [2.05, 4.69) is 4.74 Å². The molecule has 0 radical (unpaired) electrons. The summed E-state index contributed by atoms with van der Waals surface area (Å²) in [6, 6.07) is 0. The highest BCUT2D eigenvalue weighted by Crippen LogP contribution is 2.47. The van der Waals surface area contributed by atoms with Gasteiger partial charge in [-0.1, -0.05) is 0 Å². The fourth-order valence-corrected chi connectivity index (χ4v) is 0.432. The lowest BCUT2D eigenvalue weighted by Gasteiger charge is -2.28. The second kappa shape index (κ2) is 4.26. The number of alkyl halides is 10. The van der Waals surface area contributed by atoms with Gasteiger partial charge in [0.05, 0.1) is 0 Å². The van der Waals surface area contributed by atoms with Gasteiger partial charge in [0.1, 0.15) is 0 Å². The molecule has 1 unspecified atom stereocenters. The molecule has 0 aromatic heterocycles. The molecule has 0 amide bonds. The summed E-state index contributed by atoms with van der Waals surface area (Å²) in [5.41, 5.74) is 0. The van der Waals surface area contributed by atoms with Crippen LogP contribution in [0, 0.1) is 0 Å². The van der Waals surface area contributed by atoms with Gasteiger partial charge in [0.15, 0.2) is 0 Å². The number of halogens is 10. The Balaban J connectivity index is 4.92. The normalized spacial score (nSPS) is 16.7. The van der Waals surface area contributed by atoms with Crippen LogP contribution in [0.5, 0.6) is 0 Å². The maximum Gasteiger partial charge on any atom is 0.462 e. The van der Waals surface area contributed by atoms with Gasteiger partial charge in [-0.25, -0.2) is 13.2 Å². The number of hydrogen-bond acceptors (Lipinski definition) is 1. The van der Waals surface area contributed by atoms with Crippen LogP contribution >= 0.6 is 0 Å². The molecule has 0 bridgehead atoms. The monoisotopic (exact) mass is 268 g/mol. The predicted octanol–water partition coefficient (Wildman–Crippen LogP) is 3.35. The molecule has 0 aliphatic heterocycles. The van der Waals surface area contributed by atoms with Crippen LogP contribution in [0.2, 0.25) is 0 Å². The molecular weight excluding hydrogens is 266 g/mol. The van der Waals surface area contributed by atoms with Crippen LogP contribution in [0.15, 0.2) is 0 Å². The zero-order valence-corrected chi connectivity index (χ0v) is 6.84. The van der Waals surface area contributed by atoms with Crippen molar-refractivity contribution in [3.8, 4) is 0 Å². The number of ether oxygens (including phenoxy) is 1. The van der Waals surface area contributed by atoms with Crippen molar-refractivity contribution in [1.82, 2.24) is 0 Å². The number of rotatable bonds is 4. The van der Waals surface area contributed by atoms with E-state index in [-0.39, 0.29) is 0 Å². The Hall–Kier alpha value is -0.740. The lowest BCUT2D eigenvalue weighted by molar-refractivity contribution is -0.444. The Kier molecular flexibility index (Phi) is 4.06. The van der Waals surface area contributed by atoms with Crippen molar-refractivity contribution in [1.29, 1.82) is 0 Å². The van der Waals surface area contributed by atoms with Gasteiger partial charge in [-0.15, -0.1) is 0 Å². The highest BCUT2D eigenvalue weighted by atomic mass is 19.4. The van der Waals surface area contributed by atoms with E-state index in [1.807, 2.05) is 0 Å². The molecule has 16 heavy (non-hydrogen) atoms. The van der Waals surface area contributed by atoms with E-state index in [1.54, 1.807) is 0 Å². The van der Waals surface area contributed by atoms with E-state index in [1.165, 1.54) is 0 Å². The Labute approximate surface area is 81.0 Å². The summed E-state index contributed by atoms with van der Waals surface area (Å²) in [6.07, 6.45) is -21.7. The summed E-state index contributed by atoms with van der Waals surface area (Å²) in [4.78, 5) is 0. The molecule has 0 rings (SSSR count). The van der Waals surface area contributed by atoms with Crippen LogP contribution in [-0.4, -0.2) is 31.0 Å². The van der Waals surface area contributed by atoms with Crippen molar-refractivity contribution in [2.75, 3.05) is 0 Å². The summed E-state index contributed by atoms with van der Waals surface area (Å²) in [5.74, 6) is -6.78. The molecule has 0 N–H and O–H groups in total. The molecule has 0 aliphatic carbocycles. The third-order valence-corrected chi connectivity index (χ3v) is 1.18. The van der Waals surface area contributed by atoms with Crippen LogP contribution in [0.1, 0.15) is 0 Å². The molecule has 0 saturated carbocycles. The van der Waals surface area contributed by atoms with Gasteiger partial charge < -0.3 is 0 Å². The summed E-state index contributed by atoms with van der Waals surface area (Å²) in [6.45, 7) is 0. The molecule has 0 heterocycles. The zero-order chi connectivity index (χ0) is 13.4. The van der Waals surface area contributed by atoms with Crippen molar-refractivity contribution < 1.29 is 48.6 Å². The topological polar surface area (TPSA) is 9.23 Å². The van der Waals surface area contributed by atoms with Gasteiger partial charge in [-0.2, -0.15) is 30.7 Å². The smallest absolute Gasteiger partial charge is 0.275 e. The van der Waals surface area contributed by atoms with E-state index >= 15 is 0 Å². The first-order chi connectivity index (χ1) is 6.83. The van der Waals surface area contributed by atoms with Crippen molar-refractivity contribution in [2.45, 2.75) is 31.0 Å². The average molecular weight is 268 g/mol. The third-order valence-electron chi connectivity index (χ3n) is 1.18. The van der Waals surface area contributed by atoms with E-state index in [0.29, 0.717) is 0 Å². The maximum absolute atomic E-state index is 12.0. The van der Waals surface area contributed by atoms with Crippen LogP contribution in [0.25, 0.3) is 0 Å². The first-order valence-electron chi connectivity index (χ1n) is 3.25. The third kappa shape index (κ3) is 2.89. The highest BCUT2D eigenvalue weighted by molar-refractivity contribution is 4.85. The van der Waals surface area contributed by atoms with Crippen LogP contribution < -0.4 is 0 Å². The van der Waals surface area contributed by atoms with E-state index in [0.717, 1.165) is 0 Å². The molecule has 98 valence electrons. The van der Waals surface area contributed by atoms with Gasteiger partial charge in [0.2, 0.25) is 0 Å². The summed E-state index contributed by atoms with van der Waals surface area (Å²) >= 11 is 0. The molecule has 1 atom stereocenters. The molecular formula is C5H2F10O. The van der Waals surface area contributed by atoms with Crippen molar-refractivity contribution in [2.24, 2.45) is 0 Å². The zero-order valence-electron chi connectivity index (χ0n) is 6.84. The Morgan fingerprint density at radius 2 is 1.12 bits per heavy atom. The summed E-state index contributed by atoms with van der Waals surface area (Å²) < 4.78 is 118. The molecule has 0 fully saturated rings. The first kappa shape index (κ1) is 15.3. The minimum absolute atomic E-state index is 2.07. The van der Waals surface area contributed by atoms with Gasteiger partial charge in [-0.05, 0) is 0 Å². The second-order valence-corrected chi connectivity index (χ2v) is 2.39. The molecule has 11 heteroatoms. The Bertz CT molecular complexity index is 232. The lowest BCUT2D eigenvalue weighted by Crippen LogP contribution is -2.54. The molecule has 0 aromatic rings. The van der Waals surface area contributed by atoms with Crippen molar-refractivity contribution >= 4 is 0 Å². The van der Waals surface area contributed by atoms with Crippen molar-refractivity contribution in [3.63, 3.8) is 0 Å². The van der Waals surface area contributed by atoms with E-state index in [9.17, 15) is 43.9 Å². The van der Waals surface area contributed by atoms with Crippen molar-refractivity contribution in [3.05, 3.63) is 0 Å². The Morgan fingerprint density at radius 1 is 0.750 bits per heavy atom. The van der Waals surface area contributed by atoms with Crippen LogP contribution in [0.4, 0.5) is 43.9 Å². The van der Waals surface area contributed by atoms with Gasteiger partial charge in [-0.3, -0.25) is 4.74 Å². The molecule has 0 spiro atoms. The average Bonchev–Trinajstić information content (AvgIpc) is 2.00. The number of hydrogen-bond donors (Lipinski definition) is 0. The quantitative estimate of drug-likeness (QED) is 0.710. The Morgan fingerprint density at radius 3 is 1.38 bits per heavy atom. The minimum atomic E-state index is -6.78. The highest BCUT2D eigenvalue weighted by Gasteiger charge is 2.75. The summed E-state index contributed by atoms with van der Waals surface area (Å²) in [7, 11) is 0. The fourth-order valence-electron chi connectivity index (χ4n) is 0.432. The van der Waals surface area contributed by atoms with E-state index in [4.69, 9.17) is 0 Å². The minimum Gasteiger partial charge on any atom is -0.275 e. The van der Waals surface area contributed by atoms with Crippen LogP contribution in [-0.2, 0) is 4.74 Å². The SMILES string of the molecule is FC(F)C(F)OC(F)(F)C(F)(F)C(F)(F)F. The van der Waals surface area contributed by atoms with Gasteiger partial charge in [0, 0.05) is 0 Å². The molecule has 0 aromatic carbocycles. The van der Waals surface area contributed by atoms with E-state index < -0.39 is 31.0 Å². The lowest BCUT2D eigenvalue weighted by atomic mass is 10.3. The molecule has 1 nitrogen and oxygen atoms in total. The second-order valence-electron chi connectivity index (χ2n) is 2.39. The van der Waals surface area contributed by atoms with Gasteiger partial charge >= 0.3 is 18.2 Å². The largest absolute Gasteiger partial charge is 0.462 e. The standard InChI is InChI=1S/C5H2F10O/c6-1(7)2(8)16-5(14,15)3(9,10)4(11,12)13/h1-2H. The maximum atomic E-state index is 12.0.